The molecule has 0 aromatic heterocycles. The number of hydrogen-bond acceptors (Lipinski definition) is 4. The van der Waals surface area contributed by atoms with Gasteiger partial charge in [0.2, 0.25) is 0 Å². The van der Waals surface area contributed by atoms with Crippen LogP contribution in [0.15, 0.2) is 23.2 Å². The van der Waals surface area contributed by atoms with Gasteiger partial charge in [0, 0.05) is 13.2 Å². The van der Waals surface area contributed by atoms with Crippen LogP contribution in [-0.4, -0.2) is 52.6 Å². The van der Waals surface area contributed by atoms with E-state index in [-0.39, 0.29) is 17.6 Å². The van der Waals surface area contributed by atoms with Crippen molar-refractivity contribution in [1.82, 2.24) is 10.6 Å². The van der Waals surface area contributed by atoms with Gasteiger partial charge in [-0.15, -0.1) is 0 Å². The molecule has 2 N–H and O–H groups in total. The van der Waals surface area contributed by atoms with Crippen molar-refractivity contribution in [3.8, 4) is 5.75 Å². The van der Waals surface area contributed by atoms with Crippen LogP contribution in [-0.2, 0) is 9.47 Å². The van der Waals surface area contributed by atoms with Gasteiger partial charge in [0.1, 0.15) is 0 Å². The van der Waals surface area contributed by atoms with Gasteiger partial charge >= 0.3 is 0 Å². The van der Waals surface area contributed by atoms with Gasteiger partial charge in [-0.25, -0.2) is 4.39 Å². The SMILES string of the molecule is CCCCOCCOCCN=C(NCC)NC(C)c1ccc(OC)c(F)c1. The maximum Gasteiger partial charge on any atom is 0.191 e. The summed E-state index contributed by atoms with van der Waals surface area (Å²) in [5.41, 5.74) is 0.819. The first kappa shape index (κ1) is 23.2. The lowest BCUT2D eigenvalue weighted by Crippen LogP contribution is -2.39. The third-order valence-corrected chi connectivity index (χ3v) is 3.89. The zero-order valence-electron chi connectivity index (χ0n) is 17.0. The van der Waals surface area contributed by atoms with Crippen LogP contribution in [0.3, 0.4) is 0 Å². The number of ether oxygens (including phenoxy) is 3. The molecule has 6 nitrogen and oxygen atoms in total. The molecule has 0 aliphatic carbocycles. The van der Waals surface area contributed by atoms with E-state index in [9.17, 15) is 4.39 Å². The number of unbranched alkanes of at least 4 members (excludes halogenated alkanes) is 1. The third kappa shape index (κ3) is 9.58. The molecule has 1 aromatic carbocycles. The summed E-state index contributed by atoms with van der Waals surface area (Å²) >= 11 is 0. The maximum atomic E-state index is 13.9. The lowest BCUT2D eigenvalue weighted by molar-refractivity contribution is 0.0497. The van der Waals surface area contributed by atoms with E-state index >= 15 is 0 Å². The molecule has 0 spiro atoms. The Bertz CT molecular complexity index is 555. The van der Waals surface area contributed by atoms with Gasteiger partial charge in [-0.3, -0.25) is 4.99 Å². The highest BCUT2D eigenvalue weighted by atomic mass is 19.1. The highest BCUT2D eigenvalue weighted by Crippen LogP contribution is 2.21. The van der Waals surface area contributed by atoms with Crippen LogP contribution in [0, 0.1) is 5.82 Å². The standard InChI is InChI=1S/C20H34FN3O3/c1-5-7-11-26-13-14-27-12-10-23-20(22-6-2)24-16(3)17-8-9-19(25-4)18(21)15-17/h8-9,15-16H,5-7,10-14H2,1-4H3,(H2,22,23,24). The molecule has 1 atom stereocenters. The predicted molar refractivity (Wildman–Crippen MR) is 107 cm³/mol. The van der Waals surface area contributed by atoms with Crippen LogP contribution in [0.1, 0.15) is 45.2 Å². The second-order valence-electron chi connectivity index (χ2n) is 6.10. The van der Waals surface area contributed by atoms with E-state index in [0.717, 1.165) is 31.6 Å². The summed E-state index contributed by atoms with van der Waals surface area (Å²) < 4.78 is 29.8. The van der Waals surface area contributed by atoms with E-state index in [1.54, 1.807) is 6.07 Å². The molecule has 0 aliphatic rings. The van der Waals surface area contributed by atoms with Crippen molar-refractivity contribution >= 4 is 5.96 Å². The van der Waals surface area contributed by atoms with E-state index in [0.29, 0.717) is 32.3 Å². The Morgan fingerprint density at radius 2 is 1.89 bits per heavy atom. The number of nitrogens with zero attached hydrogens (tertiary/aromatic N) is 1. The summed E-state index contributed by atoms with van der Waals surface area (Å²) in [6, 6.07) is 4.84. The fraction of sp³-hybridized carbons (Fsp3) is 0.650. The number of hydrogen-bond donors (Lipinski definition) is 2. The molecule has 1 unspecified atom stereocenters. The Balaban J connectivity index is 2.41. The highest BCUT2D eigenvalue weighted by Gasteiger charge is 2.11. The van der Waals surface area contributed by atoms with E-state index in [1.165, 1.54) is 13.2 Å². The fourth-order valence-electron chi connectivity index (χ4n) is 2.35. The lowest BCUT2D eigenvalue weighted by Gasteiger charge is -2.18. The molecule has 0 radical (unpaired) electrons. The second-order valence-corrected chi connectivity index (χ2v) is 6.10. The number of rotatable bonds is 13. The number of aliphatic imine (C=N–C) groups is 1. The lowest BCUT2D eigenvalue weighted by atomic mass is 10.1. The van der Waals surface area contributed by atoms with E-state index in [1.807, 2.05) is 19.9 Å². The summed E-state index contributed by atoms with van der Waals surface area (Å²) in [6.07, 6.45) is 2.22. The normalized spacial score (nSPS) is 12.7. The molecule has 0 saturated heterocycles. The number of halogens is 1. The van der Waals surface area contributed by atoms with E-state index < -0.39 is 0 Å². The molecular weight excluding hydrogens is 349 g/mol. The molecule has 0 amide bonds. The van der Waals surface area contributed by atoms with Crippen molar-refractivity contribution in [3.05, 3.63) is 29.6 Å². The summed E-state index contributed by atoms with van der Waals surface area (Å²) in [5.74, 6) is 0.534. The topological polar surface area (TPSA) is 64.1 Å². The van der Waals surface area contributed by atoms with Crippen molar-refractivity contribution in [2.24, 2.45) is 4.99 Å². The van der Waals surface area contributed by atoms with Crippen molar-refractivity contribution in [1.29, 1.82) is 0 Å². The van der Waals surface area contributed by atoms with Gasteiger partial charge in [-0.05, 0) is 38.0 Å². The van der Waals surface area contributed by atoms with Gasteiger partial charge in [0.25, 0.3) is 0 Å². The quantitative estimate of drug-likeness (QED) is 0.311. The first-order valence-corrected chi connectivity index (χ1v) is 9.66. The van der Waals surface area contributed by atoms with E-state index in [2.05, 4.69) is 22.5 Å². The van der Waals surface area contributed by atoms with Crippen LogP contribution < -0.4 is 15.4 Å². The van der Waals surface area contributed by atoms with Gasteiger partial charge < -0.3 is 24.8 Å². The average Bonchev–Trinajstić information content (AvgIpc) is 2.66. The summed E-state index contributed by atoms with van der Waals surface area (Å²) in [4.78, 5) is 4.49. The average molecular weight is 384 g/mol. The summed E-state index contributed by atoms with van der Waals surface area (Å²) in [5, 5.41) is 6.46. The molecule has 27 heavy (non-hydrogen) atoms. The minimum absolute atomic E-state index is 0.101. The van der Waals surface area contributed by atoms with Crippen molar-refractivity contribution in [2.75, 3.05) is 46.6 Å². The molecule has 0 heterocycles. The minimum atomic E-state index is -0.375. The van der Waals surface area contributed by atoms with Crippen LogP contribution in [0.4, 0.5) is 4.39 Å². The van der Waals surface area contributed by atoms with Crippen LogP contribution in [0.5, 0.6) is 5.75 Å². The first-order chi connectivity index (χ1) is 13.1. The van der Waals surface area contributed by atoms with Crippen LogP contribution >= 0.6 is 0 Å². The zero-order valence-corrected chi connectivity index (χ0v) is 17.0. The molecule has 0 saturated carbocycles. The third-order valence-electron chi connectivity index (χ3n) is 3.89. The van der Waals surface area contributed by atoms with Gasteiger partial charge in [0.15, 0.2) is 17.5 Å². The Morgan fingerprint density at radius 1 is 1.15 bits per heavy atom. The molecule has 0 bridgehead atoms. The van der Waals surface area contributed by atoms with E-state index in [4.69, 9.17) is 14.2 Å². The van der Waals surface area contributed by atoms with Crippen molar-refractivity contribution in [3.63, 3.8) is 0 Å². The molecule has 1 aromatic rings. The maximum absolute atomic E-state index is 13.9. The Hall–Kier alpha value is -1.86. The van der Waals surface area contributed by atoms with Crippen molar-refractivity contribution < 1.29 is 18.6 Å². The Labute approximate surface area is 162 Å². The molecular formula is C20H34FN3O3. The zero-order chi connectivity index (χ0) is 19.9. The largest absolute Gasteiger partial charge is 0.494 e. The van der Waals surface area contributed by atoms with Crippen LogP contribution in [0.2, 0.25) is 0 Å². The Kier molecular flexibility index (Phi) is 12.2. The predicted octanol–water partition coefficient (Wildman–Crippen LogP) is 3.28. The molecule has 0 aliphatic heterocycles. The number of benzene rings is 1. The highest BCUT2D eigenvalue weighted by molar-refractivity contribution is 5.80. The Morgan fingerprint density at radius 3 is 2.52 bits per heavy atom. The molecule has 7 heteroatoms. The summed E-state index contributed by atoms with van der Waals surface area (Å²) in [7, 11) is 1.45. The fourth-order valence-corrected chi connectivity index (χ4v) is 2.35. The first-order valence-electron chi connectivity index (χ1n) is 9.66. The van der Waals surface area contributed by atoms with Gasteiger partial charge in [0.05, 0.1) is 39.5 Å². The number of guanidine groups is 1. The monoisotopic (exact) mass is 383 g/mol. The van der Waals surface area contributed by atoms with Crippen LogP contribution in [0.25, 0.3) is 0 Å². The van der Waals surface area contributed by atoms with Gasteiger partial charge in [-0.1, -0.05) is 19.4 Å². The second kappa shape index (κ2) is 14.2. The number of methoxy groups -OCH3 is 1. The molecule has 0 fully saturated rings. The minimum Gasteiger partial charge on any atom is -0.494 e. The molecule has 1 rings (SSSR count). The van der Waals surface area contributed by atoms with Crippen molar-refractivity contribution in [2.45, 2.75) is 39.7 Å². The van der Waals surface area contributed by atoms with Gasteiger partial charge in [-0.2, -0.15) is 0 Å². The number of nitrogens with one attached hydrogen (secondary N) is 2. The molecule has 154 valence electrons. The summed E-state index contributed by atoms with van der Waals surface area (Å²) in [6.45, 7) is 9.87. The smallest absolute Gasteiger partial charge is 0.191 e.